The third-order valence-electron chi connectivity index (χ3n) is 3.72. The molecule has 0 aromatic carbocycles. The molecule has 1 saturated carbocycles. The standard InChI is InChI=1S/C13H27NO2S/c1-5-6-13(7-8-13)11-14-9-10-17(15,16)12(2,3)4/h14H,5-11H2,1-4H3. The van der Waals surface area contributed by atoms with Crippen LogP contribution in [0.2, 0.25) is 0 Å². The number of hydrogen-bond donors (Lipinski definition) is 1. The van der Waals surface area contributed by atoms with Gasteiger partial charge < -0.3 is 5.32 Å². The van der Waals surface area contributed by atoms with Crippen molar-refractivity contribution in [2.75, 3.05) is 18.8 Å². The molecule has 0 unspecified atom stereocenters. The van der Waals surface area contributed by atoms with Crippen molar-refractivity contribution >= 4 is 9.84 Å². The molecule has 0 aromatic heterocycles. The molecule has 1 fully saturated rings. The summed E-state index contributed by atoms with van der Waals surface area (Å²) in [5, 5.41) is 3.32. The lowest BCUT2D eigenvalue weighted by molar-refractivity contribution is 0.426. The summed E-state index contributed by atoms with van der Waals surface area (Å²) >= 11 is 0. The Balaban J connectivity index is 2.25. The van der Waals surface area contributed by atoms with Gasteiger partial charge in [0.2, 0.25) is 0 Å². The van der Waals surface area contributed by atoms with Gasteiger partial charge in [0.15, 0.2) is 9.84 Å². The summed E-state index contributed by atoms with van der Waals surface area (Å²) in [7, 11) is -2.97. The van der Waals surface area contributed by atoms with E-state index in [1.54, 1.807) is 20.8 Å². The Kier molecular flexibility index (Phi) is 4.64. The summed E-state index contributed by atoms with van der Waals surface area (Å²) in [6, 6.07) is 0. The highest BCUT2D eigenvalue weighted by Crippen LogP contribution is 2.48. The fourth-order valence-electron chi connectivity index (χ4n) is 2.09. The van der Waals surface area contributed by atoms with E-state index in [0.717, 1.165) is 6.54 Å². The van der Waals surface area contributed by atoms with Crippen LogP contribution in [0.3, 0.4) is 0 Å². The highest BCUT2D eigenvalue weighted by atomic mass is 32.2. The highest BCUT2D eigenvalue weighted by Gasteiger charge is 2.40. The molecule has 1 aliphatic carbocycles. The minimum Gasteiger partial charge on any atom is -0.315 e. The van der Waals surface area contributed by atoms with Crippen LogP contribution in [0.15, 0.2) is 0 Å². The second-order valence-corrected chi connectivity index (χ2v) is 9.22. The maximum absolute atomic E-state index is 11.9. The molecule has 4 heteroatoms. The average Bonchev–Trinajstić information content (AvgIpc) is 2.92. The van der Waals surface area contributed by atoms with Gasteiger partial charge in [-0.1, -0.05) is 13.3 Å². The van der Waals surface area contributed by atoms with E-state index in [1.165, 1.54) is 25.7 Å². The van der Waals surface area contributed by atoms with Crippen molar-refractivity contribution in [3.05, 3.63) is 0 Å². The first-order valence-corrected chi connectivity index (χ1v) is 8.31. The highest BCUT2D eigenvalue weighted by molar-refractivity contribution is 7.92. The quantitative estimate of drug-likeness (QED) is 0.716. The van der Waals surface area contributed by atoms with Crippen molar-refractivity contribution in [3.63, 3.8) is 0 Å². The number of nitrogens with one attached hydrogen (secondary N) is 1. The lowest BCUT2D eigenvalue weighted by atomic mass is 10.0. The van der Waals surface area contributed by atoms with E-state index >= 15 is 0 Å². The second-order valence-electron chi connectivity index (χ2n) is 6.36. The molecule has 0 amide bonds. The lowest BCUT2D eigenvalue weighted by Gasteiger charge is -2.20. The van der Waals surface area contributed by atoms with Crippen LogP contribution in [-0.4, -0.2) is 32.0 Å². The monoisotopic (exact) mass is 261 g/mol. The Morgan fingerprint density at radius 1 is 1.24 bits per heavy atom. The maximum Gasteiger partial charge on any atom is 0.156 e. The normalized spacial score (nSPS) is 19.3. The van der Waals surface area contributed by atoms with Crippen molar-refractivity contribution < 1.29 is 8.42 Å². The van der Waals surface area contributed by atoms with Crippen LogP contribution in [0.1, 0.15) is 53.4 Å². The van der Waals surface area contributed by atoms with Gasteiger partial charge in [-0.25, -0.2) is 8.42 Å². The van der Waals surface area contributed by atoms with Crippen LogP contribution in [0.25, 0.3) is 0 Å². The Morgan fingerprint density at radius 2 is 1.82 bits per heavy atom. The molecule has 102 valence electrons. The van der Waals surface area contributed by atoms with E-state index in [4.69, 9.17) is 0 Å². The fourth-order valence-corrected chi connectivity index (χ4v) is 3.11. The second kappa shape index (κ2) is 5.27. The first-order chi connectivity index (χ1) is 7.72. The van der Waals surface area contributed by atoms with Crippen LogP contribution in [0.5, 0.6) is 0 Å². The fraction of sp³-hybridized carbons (Fsp3) is 1.00. The molecule has 0 aromatic rings. The topological polar surface area (TPSA) is 46.2 Å². The van der Waals surface area contributed by atoms with Crippen molar-refractivity contribution in [2.24, 2.45) is 5.41 Å². The zero-order chi connectivity index (χ0) is 13.2. The zero-order valence-corrected chi connectivity index (χ0v) is 12.5. The van der Waals surface area contributed by atoms with Gasteiger partial charge in [0.25, 0.3) is 0 Å². The van der Waals surface area contributed by atoms with Gasteiger partial charge in [-0.15, -0.1) is 0 Å². The van der Waals surface area contributed by atoms with E-state index < -0.39 is 14.6 Å². The van der Waals surface area contributed by atoms with E-state index in [9.17, 15) is 8.42 Å². The maximum atomic E-state index is 11.9. The van der Waals surface area contributed by atoms with E-state index in [0.29, 0.717) is 12.0 Å². The number of rotatable bonds is 7. The van der Waals surface area contributed by atoms with E-state index in [1.807, 2.05) is 0 Å². The Morgan fingerprint density at radius 3 is 2.24 bits per heavy atom. The van der Waals surface area contributed by atoms with Crippen molar-refractivity contribution in [1.29, 1.82) is 0 Å². The molecule has 1 rings (SSSR count). The molecule has 17 heavy (non-hydrogen) atoms. The minimum atomic E-state index is -2.97. The van der Waals surface area contributed by atoms with E-state index in [2.05, 4.69) is 12.2 Å². The van der Waals surface area contributed by atoms with Gasteiger partial charge in [0, 0.05) is 13.1 Å². The summed E-state index contributed by atoms with van der Waals surface area (Å²) in [5.41, 5.74) is 0.500. The van der Waals surface area contributed by atoms with Gasteiger partial charge in [0.05, 0.1) is 10.5 Å². The minimum absolute atomic E-state index is 0.249. The molecular formula is C13H27NO2S. The molecule has 0 spiro atoms. The van der Waals surface area contributed by atoms with Crippen LogP contribution in [-0.2, 0) is 9.84 Å². The molecule has 0 bridgehead atoms. The SMILES string of the molecule is CCCC1(CNCCS(=O)(=O)C(C)(C)C)CC1. The third kappa shape index (κ3) is 4.25. The third-order valence-corrected chi connectivity index (χ3v) is 6.33. The smallest absolute Gasteiger partial charge is 0.156 e. The van der Waals surface area contributed by atoms with Crippen LogP contribution >= 0.6 is 0 Å². The van der Waals surface area contributed by atoms with Crippen LogP contribution in [0, 0.1) is 5.41 Å². The van der Waals surface area contributed by atoms with Gasteiger partial charge in [0.1, 0.15) is 0 Å². The summed E-state index contributed by atoms with van der Waals surface area (Å²) in [4.78, 5) is 0. The Bertz CT molecular complexity index is 337. The van der Waals surface area contributed by atoms with Crippen LogP contribution in [0.4, 0.5) is 0 Å². The molecule has 0 aliphatic heterocycles. The molecule has 0 heterocycles. The van der Waals surface area contributed by atoms with Crippen molar-refractivity contribution in [2.45, 2.75) is 58.1 Å². The Hall–Kier alpha value is -0.0900. The Labute approximate surface area is 106 Å². The van der Waals surface area contributed by atoms with E-state index in [-0.39, 0.29) is 5.75 Å². The molecule has 0 radical (unpaired) electrons. The molecule has 0 atom stereocenters. The number of hydrogen-bond acceptors (Lipinski definition) is 3. The zero-order valence-electron chi connectivity index (χ0n) is 11.7. The van der Waals surface area contributed by atoms with Crippen LogP contribution < -0.4 is 5.32 Å². The predicted molar refractivity (Wildman–Crippen MR) is 73.0 cm³/mol. The van der Waals surface area contributed by atoms with Gasteiger partial charge >= 0.3 is 0 Å². The molecular weight excluding hydrogens is 234 g/mol. The van der Waals surface area contributed by atoms with Crippen molar-refractivity contribution in [3.8, 4) is 0 Å². The summed E-state index contributed by atoms with van der Waals surface area (Å²) in [6.45, 7) is 9.08. The first-order valence-electron chi connectivity index (χ1n) is 6.65. The first kappa shape index (κ1) is 15.0. The van der Waals surface area contributed by atoms with Gasteiger partial charge in [-0.3, -0.25) is 0 Å². The lowest BCUT2D eigenvalue weighted by Crippen LogP contribution is -2.36. The summed E-state index contributed by atoms with van der Waals surface area (Å²) in [5.74, 6) is 0.249. The predicted octanol–water partition coefficient (Wildman–Crippen LogP) is 2.37. The number of sulfone groups is 1. The summed E-state index contributed by atoms with van der Waals surface area (Å²) in [6.07, 6.45) is 5.10. The van der Waals surface area contributed by atoms with Gasteiger partial charge in [-0.2, -0.15) is 0 Å². The summed E-state index contributed by atoms with van der Waals surface area (Å²) < 4.78 is 23.1. The average molecular weight is 261 g/mol. The molecule has 0 saturated heterocycles. The van der Waals surface area contributed by atoms with Gasteiger partial charge in [-0.05, 0) is 45.4 Å². The molecule has 3 nitrogen and oxygen atoms in total. The molecule has 1 aliphatic rings. The van der Waals surface area contributed by atoms with Crippen molar-refractivity contribution in [1.82, 2.24) is 5.32 Å². The molecule has 1 N–H and O–H groups in total. The largest absolute Gasteiger partial charge is 0.315 e.